The van der Waals surface area contributed by atoms with Crippen molar-refractivity contribution in [3.05, 3.63) is 99.8 Å². The largest absolute Gasteiger partial charge is 0.478 e. The molecule has 0 atom stereocenters. The van der Waals surface area contributed by atoms with Gasteiger partial charge in [-0.1, -0.05) is 24.3 Å². The van der Waals surface area contributed by atoms with Crippen LogP contribution in [0.3, 0.4) is 0 Å². The molecule has 3 N–H and O–H groups in total. The number of carbonyl (C=O) groups excluding carboxylic acids is 2. The highest BCUT2D eigenvalue weighted by atomic mass is 19.1. The molecule has 2 amide bonds. The smallest absolute Gasteiger partial charge is 0.335 e. The number of nitrogens with one attached hydrogen (secondary N) is 2. The predicted molar refractivity (Wildman–Crippen MR) is 125 cm³/mol. The van der Waals surface area contributed by atoms with E-state index in [4.69, 9.17) is 5.11 Å². The Morgan fingerprint density at radius 2 is 1.57 bits per heavy atom. The van der Waals surface area contributed by atoms with Gasteiger partial charge in [-0.25, -0.2) is 18.7 Å². The van der Waals surface area contributed by atoms with Gasteiger partial charge in [-0.15, -0.1) is 0 Å². The normalized spacial score (nSPS) is 10.8. The fourth-order valence-electron chi connectivity index (χ4n) is 3.63. The molecule has 0 bridgehead atoms. The molecule has 9 nitrogen and oxygen atoms in total. The van der Waals surface area contributed by atoms with E-state index < -0.39 is 17.8 Å². The second-order valence-corrected chi connectivity index (χ2v) is 8.03. The second-order valence-electron chi connectivity index (χ2n) is 8.03. The first-order valence-electron chi connectivity index (χ1n) is 10.7. The van der Waals surface area contributed by atoms with E-state index in [0.717, 1.165) is 11.1 Å². The molecule has 2 aromatic carbocycles. The molecule has 0 saturated heterocycles. The Balaban J connectivity index is 1.50. The topological polar surface area (TPSA) is 126 Å². The third-order valence-corrected chi connectivity index (χ3v) is 5.47. The van der Waals surface area contributed by atoms with Crippen molar-refractivity contribution in [3.63, 3.8) is 0 Å². The molecule has 0 aliphatic heterocycles. The first-order chi connectivity index (χ1) is 16.7. The van der Waals surface area contributed by atoms with E-state index in [1.807, 2.05) is 0 Å². The fourth-order valence-corrected chi connectivity index (χ4v) is 3.63. The standard InChI is InChI=1S/C25H22FN5O4/c1-14-9-16(3-5-18(14)25(34)35)13-28-24(33)21-11-20(30-22-7-8-29-31(21)22)23(32)27-12-17-4-6-19(26)15(2)10-17/h3-11H,12-13H2,1-2H3,(H,27,32)(H,28,33)(H,34,35). The average Bonchev–Trinajstić information content (AvgIpc) is 3.31. The SMILES string of the molecule is Cc1cc(CNC(=O)c2cc(C(=O)NCc3ccc(C(=O)O)c(C)c3)n3nccc3n2)ccc1F. The summed E-state index contributed by atoms with van der Waals surface area (Å²) in [5.41, 5.74) is 3.16. The van der Waals surface area contributed by atoms with Crippen LogP contribution in [0.25, 0.3) is 5.65 Å². The number of aryl methyl sites for hydroxylation is 2. The minimum atomic E-state index is -1.02. The van der Waals surface area contributed by atoms with Gasteiger partial charge < -0.3 is 15.7 Å². The zero-order valence-electron chi connectivity index (χ0n) is 19.0. The molecule has 0 unspecified atom stereocenters. The molecule has 0 aliphatic rings. The van der Waals surface area contributed by atoms with E-state index in [2.05, 4.69) is 20.7 Å². The number of carbonyl (C=O) groups is 3. The van der Waals surface area contributed by atoms with E-state index in [1.54, 1.807) is 44.2 Å². The summed E-state index contributed by atoms with van der Waals surface area (Å²) in [4.78, 5) is 41.2. The van der Waals surface area contributed by atoms with Crippen molar-refractivity contribution in [2.45, 2.75) is 26.9 Å². The van der Waals surface area contributed by atoms with Crippen LogP contribution in [0.5, 0.6) is 0 Å². The molecular weight excluding hydrogens is 453 g/mol. The van der Waals surface area contributed by atoms with Crippen LogP contribution in [-0.4, -0.2) is 37.5 Å². The number of halogens is 1. The van der Waals surface area contributed by atoms with Crippen LogP contribution in [-0.2, 0) is 13.1 Å². The molecule has 4 rings (SSSR count). The van der Waals surface area contributed by atoms with Crippen molar-refractivity contribution in [3.8, 4) is 0 Å². The van der Waals surface area contributed by atoms with Gasteiger partial charge in [-0.05, 0) is 48.2 Å². The van der Waals surface area contributed by atoms with Crippen LogP contribution < -0.4 is 10.6 Å². The third-order valence-electron chi connectivity index (χ3n) is 5.47. The number of rotatable bonds is 7. The maximum absolute atomic E-state index is 13.5. The number of carboxylic acid groups (broad SMARTS) is 1. The number of amides is 2. The fraction of sp³-hybridized carbons (Fsp3) is 0.160. The van der Waals surface area contributed by atoms with Gasteiger partial charge in [-0.2, -0.15) is 5.10 Å². The lowest BCUT2D eigenvalue weighted by Gasteiger charge is -2.11. The summed E-state index contributed by atoms with van der Waals surface area (Å²) in [7, 11) is 0. The minimum Gasteiger partial charge on any atom is -0.478 e. The Morgan fingerprint density at radius 3 is 2.23 bits per heavy atom. The Bertz CT molecular complexity index is 1460. The summed E-state index contributed by atoms with van der Waals surface area (Å²) in [5.74, 6) is -2.32. The highest BCUT2D eigenvalue weighted by molar-refractivity contribution is 5.98. The minimum absolute atomic E-state index is 0.0311. The highest BCUT2D eigenvalue weighted by Crippen LogP contribution is 2.13. The molecule has 10 heteroatoms. The molecule has 2 heterocycles. The van der Waals surface area contributed by atoms with Crippen molar-refractivity contribution in [1.29, 1.82) is 0 Å². The van der Waals surface area contributed by atoms with Crippen molar-refractivity contribution in [2.75, 3.05) is 0 Å². The summed E-state index contributed by atoms with van der Waals surface area (Å²) in [5, 5.41) is 18.8. The Morgan fingerprint density at radius 1 is 0.914 bits per heavy atom. The van der Waals surface area contributed by atoms with Gasteiger partial charge in [0.25, 0.3) is 11.8 Å². The van der Waals surface area contributed by atoms with Crippen LogP contribution >= 0.6 is 0 Å². The molecule has 2 aromatic heterocycles. The number of aromatic nitrogens is 3. The van der Waals surface area contributed by atoms with Crippen LogP contribution in [0, 0.1) is 19.7 Å². The summed E-state index contributed by atoms with van der Waals surface area (Å²) in [6.07, 6.45) is 1.47. The second kappa shape index (κ2) is 9.72. The molecule has 0 saturated carbocycles. The number of nitrogens with zero attached hydrogens (tertiary/aromatic N) is 3. The molecule has 0 radical (unpaired) electrons. The number of fused-ring (bicyclic) bond motifs is 1. The van der Waals surface area contributed by atoms with E-state index >= 15 is 0 Å². The summed E-state index contributed by atoms with van der Waals surface area (Å²) in [6, 6.07) is 12.3. The molecule has 0 spiro atoms. The van der Waals surface area contributed by atoms with E-state index in [-0.39, 0.29) is 35.9 Å². The van der Waals surface area contributed by atoms with Gasteiger partial charge in [0.2, 0.25) is 0 Å². The maximum atomic E-state index is 13.5. The summed E-state index contributed by atoms with van der Waals surface area (Å²) in [6.45, 7) is 3.64. The van der Waals surface area contributed by atoms with Gasteiger partial charge >= 0.3 is 5.97 Å². The molecular formula is C25H22FN5O4. The first kappa shape index (κ1) is 23.6. The maximum Gasteiger partial charge on any atom is 0.335 e. The highest BCUT2D eigenvalue weighted by Gasteiger charge is 2.18. The van der Waals surface area contributed by atoms with Crippen molar-refractivity contribution >= 4 is 23.4 Å². The lowest BCUT2D eigenvalue weighted by molar-refractivity contribution is 0.0695. The summed E-state index contributed by atoms with van der Waals surface area (Å²) >= 11 is 0. The summed E-state index contributed by atoms with van der Waals surface area (Å²) < 4.78 is 14.8. The Kier molecular flexibility index (Phi) is 6.54. The zero-order valence-corrected chi connectivity index (χ0v) is 19.0. The lowest BCUT2D eigenvalue weighted by atomic mass is 10.1. The van der Waals surface area contributed by atoms with Crippen LogP contribution in [0.4, 0.5) is 4.39 Å². The quantitative estimate of drug-likeness (QED) is 0.377. The van der Waals surface area contributed by atoms with E-state index in [0.29, 0.717) is 16.8 Å². The van der Waals surface area contributed by atoms with E-state index in [1.165, 1.54) is 28.9 Å². The van der Waals surface area contributed by atoms with Crippen LogP contribution in [0.15, 0.2) is 54.7 Å². The average molecular weight is 475 g/mol. The van der Waals surface area contributed by atoms with Gasteiger partial charge in [0.05, 0.1) is 11.8 Å². The Hall–Kier alpha value is -4.60. The molecule has 0 fully saturated rings. The predicted octanol–water partition coefficient (Wildman–Crippen LogP) is 3.04. The zero-order chi connectivity index (χ0) is 25.1. The number of benzene rings is 2. The number of hydrogen-bond acceptors (Lipinski definition) is 5. The third kappa shape index (κ3) is 5.16. The Labute approximate surface area is 199 Å². The van der Waals surface area contributed by atoms with Crippen LogP contribution in [0.2, 0.25) is 0 Å². The van der Waals surface area contributed by atoms with Crippen molar-refractivity contribution in [1.82, 2.24) is 25.2 Å². The number of aromatic carboxylic acids is 1. The molecule has 4 aromatic rings. The first-order valence-corrected chi connectivity index (χ1v) is 10.7. The lowest BCUT2D eigenvalue weighted by Crippen LogP contribution is -2.28. The van der Waals surface area contributed by atoms with Gasteiger partial charge in [0, 0.05) is 25.2 Å². The van der Waals surface area contributed by atoms with Gasteiger partial charge in [0.15, 0.2) is 5.65 Å². The van der Waals surface area contributed by atoms with Crippen molar-refractivity contribution in [2.24, 2.45) is 0 Å². The van der Waals surface area contributed by atoms with Crippen LogP contribution in [0.1, 0.15) is 53.6 Å². The number of hydrogen-bond donors (Lipinski definition) is 3. The van der Waals surface area contributed by atoms with Gasteiger partial charge in [-0.3, -0.25) is 9.59 Å². The monoisotopic (exact) mass is 475 g/mol. The van der Waals surface area contributed by atoms with E-state index in [9.17, 15) is 18.8 Å². The molecule has 178 valence electrons. The number of carboxylic acids is 1. The molecule has 0 aliphatic carbocycles. The molecule has 35 heavy (non-hydrogen) atoms. The van der Waals surface area contributed by atoms with Crippen molar-refractivity contribution < 1.29 is 23.9 Å². The van der Waals surface area contributed by atoms with Gasteiger partial charge in [0.1, 0.15) is 17.2 Å².